The minimum Gasteiger partial charge on any atom is -0.384 e. The van der Waals surface area contributed by atoms with Crippen LogP contribution in [-0.4, -0.2) is 36.5 Å². The standard InChI is InChI=1S/C14H21N3O2/c1-11-13(4-3-5-14(11)17(18)19)15-10-12-6-8-16(2)9-7-12/h3-5,12,15H,6-10H2,1-2H3. The first-order valence-electron chi connectivity index (χ1n) is 6.74. The van der Waals surface area contributed by atoms with Crippen molar-refractivity contribution in [2.45, 2.75) is 19.8 Å². The van der Waals surface area contributed by atoms with Crippen molar-refractivity contribution >= 4 is 11.4 Å². The summed E-state index contributed by atoms with van der Waals surface area (Å²) in [6.07, 6.45) is 2.38. The molecule has 1 N–H and O–H groups in total. The molecule has 1 fully saturated rings. The lowest BCUT2D eigenvalue weighted by Crippen LogP contribution is -2.33. The highest BCUT2D eigenvalue weighted by Gasteiger charge is 2.18. The summed E-state index contributed by atoms with van der Waals surface area (Å²) in [4.78, 5) is 12.9. The van der Waals surface area contributed by atoms with Crippen LogP contribution in [0.5, 0.6) is 0 Å². The quantitative estimate of drug-likeness (QED) is 0.670. The van der Waals surface area contributed by atoms with Crippen LogP contribution in [0.2, 0.25) is 0 Å². The molecule has 1 heterocycles. The fraction of sp³-hybridized carbons (Fsp3) is 0.571. The van der Waals surface area contributed by atoms with Gasteiger partial charge < -0.3 is 10.2 Å². The Balaban J connectivity index is 1.96. The third-order valence-corrected chi connectivity index (χ3v) is 3.92. The number of anilines is 1. The number of nitrogens with zero attached hydrogens (tertiary/aromatic N) is 2. The summed E-state index contributed by atoms with van der Waals surface area (Å²) in [6, 6.07) is 5.20. The first kappa shape index (κ1) is 13.8. The molecule has 104 valence electrons. The molecule has 5 nitrogen and oxygen atoms in total. The highest BCUT2D eigenvalue weighted by Crippen LogP contribution is 2.26. The third-order valence-electron chi connectivity index (χ3n) is 3.92. The van der Waals surface area contributed by atoms with Gasteiger partial charge in [0, 0.05) is 23.9 Å². The number of likely N-dealkylation sites (tertiary alicyclic amines) is 1. The normalized spacial score (nSPS) is 17.4. The van der Waals surface area contributed by atoms with E-state index in [2.05, 4.69) is 17.3 Å². The Morgan fingerprint density at radius 1 is 1.42 bits per heavy atom. The molecule has 19 heavy (non-hydrogen) atoms. The van der Waals surface area contributed by atoms with Gasteiger partial charge >= 0.3 is 0 Å². The van der Waals surface area contributed by atoms with Gasteiger partial charge in [0.1, 0.15) is 0 Å². The van der Waals surface area contributed by atoms with Gasteiger partial charge in [-0.15, -0.1) is 0 Å². The SMILES string of the molecule is Cc1c(NCC2CCN(C)CC2)cccc1[N+](=O)[O-]. The Morgan fingerprint density at radius 2 is 2.11 bits per heavy atom. The second-order valence-corrected chi connectivity index (χ2v) is 5.33. The van der Waals surface area contributed by atoms with Gasteiger partial charge in [0.05, 0.1) is 4.92 Å². The van der Waals surface area contributed by atoms with E-state index in [1.54, 1.807) is 19.1 Å². The highest BCUT2D eigenvalue weighted by atomic mass is 16.6. The van der Waals surface area contributed by atoms with Gasteiger partial charge in [-0.3, -0.25) is 10.1 Å². The lowest BCUT2D eigenvalue weighted by atomic mass is 9.97. The Hall–Kier alpha value is -1.62. The predicted octanol–water partition coefficient (Wildman–Crippen LogP) is 2.66. The zero-order valence-corrected chi connectivity index (χ0v) is 11.6. The van der Waals surface area contributed by atoms with Gasteiger partial charge in [0.2, 0.25) is 0 Å². The number of hydrogen-bond donors (Lipinski definition) is 1. The summed E-state index contributed by atoms with van der Waals surface area (Å²) in [5, 5.41) is 14.3. The van der Waals surface area contributed by atoms with Crippen LogP contribution >= 0.6 is 0 Å². The maximum Gasteiger partial charge on any atom is 0.274 e. The maximum absolute atomic E-state index is 10.9. The summed E-state index contributed by atoms with van der Waals surface area (Å²) in [5.41, 5.74) is 1.79. The number of benzene rings is 1. The van der Waals surface area contributed by atoms with Crippen molar-refractivity contribution in [3.05, 3.63) is 33.9 Å². The van der Waals surface area contributed by atoms with Crippen molar-refractivity contribution in [2.24, 2.45) is 5.92 Å². The van der Waals surface area contributed by atoms with Crippen LogP contribution < -0.4 is 5.32 Å². The van der Waals surface area contributed by atoms with Gasteiger partial charge in [-0.1, -0.05) is 6.07 Å². The number of nitro benzene ring substituents is 1. The monoisotopic (exact) mass is 263 g/mol. The second-order valence-electron chi connectivity index (χ2n) is 5.33. The average Bonchev–Trinajstić information content (AvgIpc) is 2.39. The van der Waals surface area contributed by atoms with E-state index in [0.717, 1.165) is 30.9 Å². The topological polar surface area (TPSA) is 58.4 Å². The zero-order chi connectivity index (χ0) is 13.8. The molecule has 1 saturated heterocycles. The van der Waals surface area contributed by atoms with Crippen molar-refractivity contribution in [3.8, 4) is 0 Å². The van der Waals surface area contributed by atoms with E-state index in [9.17, 15) is 10.1 Å². The first-order valence-corrected chi connectivity index (χ1v) is 6.74. The molecule has 0 unspecified atom stereocenters. The Bertz CT molecular complexity index is 454. The van der Waals surface area contributed by atoms with Crippen LogP contribution in [0.3, 0.4) is 0 Å². The molecule has 5 heteroatoms. The van der Waals surface area contributed by atoms with Crippen molar-refractivity contribution < 1.29 is 4.92 Å². The lowest BCUT2D eigenvalue weighted by Gasteiger charge is -2.29. The molecule has 0 saturated carbocycles. The number of rotatable bonds is 4. The largest absolute Gasteiger partial charge is 0.384 e. The van der Waals surface area contributed by atoms with Crippen molar-refractivity contribution in [3.63, 3.8) is 0 Å². The van der Waals surface area contributed by atoms with Gasteiger partial charge in [0.25, 0.3) is 5.69 Å². The molecule has 0 bridgehead atoms. The molecule has 0 amide bonds. The Kier molecular flexibility index (Phi) is 4.37. The third kappa shape index (κ3) is 3.44. The maximum atomic E-state index is 10.9. The average molecular weight is 263 g/mol. The molecular weight excluding hydrogens is 242 g/mol. The molecule has 2 rings (SSSR count). The molecule has 0 radical (unpaired) electrons. The number of hydrogen-bond acceptors (Lipinski definition) is 4. The van der Waals surface area contributed by atoms with Crippen LogP contribution in [-0.2, 0) is 0 Å². The van der Waals surface area contributed by atoms with Gasteiger partial charge in [-0.2, -0.15) is 0 Å². The van der Waals surface area contributed by atoms with Crippen LogP contribution in [0.15, 0.2) is 18.2 Å². The first-order chi connectivity index (χ1) is 9.08. The number of nitro groups is 1. The molecule has 1 aromatic rings. The molecule has 0 aromatic heterocycles. The van der Waals surface area contributed by atoms with Crippen molar-refractivity contribution in [2.75, 3.05) is 32.0 Å². The van der Waals surface area contributed by atoms with E-state index < -0.39 is 0 Å². The Morgan fingerprint density at radius 3 is 2.74 bits per heavy atom. The Labute approximate surface area is 113 Å². The molecule has 0 atom stereocenters. The highest BCUT2D eigenvalue weighted by molar-refractivity contribution is 5.59. The molecule has 0 aliphatic carbocycles. The van der Waals surface area contributed by atoms with Gasteiger partial charge in [-0.05, 0) is 51.9 Å². The zero-order valence-electron chi connectivity index (χ0n) is 11.6. The van der Waals surface area contributed by atoms with Crippen molar-refractivity contribution in [1.82, 2.24) is 4.90 Å². The second kappa shape index (κ2) is 6.02. The lowest BCUT2D eigenvalue weighted by molar-refractivity contribution is -0.385. The molecule has 1 aromatic carbocycles. The predicted molar refractivity (Wildman–Crippen MR) is 76.5 cm³/mol. The van der Waals surface area contributed by atoms with Gasteiger partial charge in [0.15, 0.2) is 0 Å². The van der Waals surface area contributed by atoms with Crippen LogP contribution in [0.25, 0.3) is 0 Å². The van der Waals surface area contributed by atoms with Crippen LogP contribution in [0.1, 0.15) is 18.4 Å². The number of nitrogens with one attached hydrogen (secondary N) is 1. The minimum absolute atomic E-state index is 0.188. The summed E-state index contributed by atoms with van der Waals surface area (Å²) in [6.45, 7) is 4.98. The molecule has 1 aliphatic rings. The van der Waals surface area contributed by atoms with E-state index >= 15 is 0 Å². The van der Waals surface area contributed by atoms with E-state index in [4.69, 9.17) is 0 Å². The summed E-state index contributed by atoms with van der Waals surface area (Å²) >= 11 is 0. The van der Waals surface area contributed by atoms with E-state index in [1.807, 2.05) is 6.07 Å². The van der Waals surface area contributed by atoms with Crippen LogP contribution in [0.4, 0.5) is 11.4 Å². The smallest absolute Gasteiger partial charge is 0.274 e. The summed E-state index contributed by atoms with van der Waals surface area (Å²) in [5.74, 6) is 0.662. The summed E-state index contributed by atoms with van der Waals surface area (Å²) in [7, 11) is 2.15. The number of piperidine rings is 1. The van der Waals surface area contributed by atoms with Crippen LogP contribution in [0, 0.1) is 23.0 Å². The molecule has 1 aliphatic heterocycles. The van der Waals surface area contributed by atoms with E-state index in [-0.39, 0.29) is 10.6 Å². The fourth-order valence-electron chi connectivity index (χ4n) is 2.53. The minimum atomic E-state index is -0.323. The van der Waals surface area contributed by atoms with E-state index in [1.165, 1.54) is 12.8 Å². The van der Waals surface area contributed by atoms with Crippen molar-refractivity contribution in [1.29, 1.82) is 0 Å². The molecular formula is C14H21N3O2. The summed E-state index contributed by atoms with van der Waals surface area (Å²) < 4.78 is 0. The van der Waals surface area contributed by atoms with E-state index in [0.29, 0.717) is 5.92 Å². The van der Waals surface area contributed by atoms with Gasteiger partial charge in [-0.25, -0.2) is 0 Å². The fourth-order valence-corrected chi connectivity index (χ4v) is 2.53. The molecule has 0 spiro atoms.